The van der Waals surface area contributed by atoms with Crippen LogP contribution in [0.3, 0.4) is 0 Å². The highest BCUT2D eigenvalue weighted by Gasteiger charge is 2.19. The van der Waals surface area contributed by atoms with E-state index in [4.69, 9.17) is 4.74 Å². The molecule has 0 aromatic carbocycles. The van der Waals surface area contributed by atoms with Gasteiger partial charge in [-0.15, -0.1) is 0 Å². The van der Waals surface area contributed by atoms with E-state index in [2.05, 4.69) is 11.9 Å². The maximum absolute atomic E-state index is 12.8. The maximum atomic E-state index is 12.8. The van der Waals surface area contributed by atoms with Crippen LogP contribution in [0.5, 0.6) is 0 Å². The summed E-state index contributed by atoms with van der Waals surface area (Å²) in [4.78, 5) is 55.0. The van der Waals surface area contributed by atoms with Crippen LogP contribution in [0.4, 0.5) is 0 Å². The molecule has 2 aromatic rings. The molecular weight excluding hydrogens is 486 g/mol. The maximum Gasteiger partial charge on any atom is 0.332 e. The zero-order chi connectivity index (χ0) is 28.1. The SMILES string of the molecule is CCCCCCN(CC(CCCCCCCCCn1c(=O)c2c(ncn2C)n(C)c1=O)OC(C)=O)C(C)=O. The Kier molecular flexibility index (Phi) is 13.3. The highest BCUT2D eigenvalue weighted by Crippen LogP contribution is 2.14. The highest BCUT2D eigenvalue weighted by molar-refractivity contribution is 5.73. The quantitative estimate of drug-likeness (QED) is 0.212. The molecule has 0 aliphatic carbocycles. The minimum Gasteiger partial charge on any atom is -0.461 e. The number of unbranched alkanes of at least 4 members (excludes halogenated alkanes) is 9. The van der Waals surface area contributed by atoms with Gasteiger partial charge in [-0.25, -0.2) is 9.78 Å². The summed E-state index contributed by atoms with van der Waals surface area (Å²) >= 11 is 0. The third-order valence-corrected chi connectivity index (χ3v) is 7.09. The first-order chi connectivity index (χ1) is 18.2. The molecule has 214 valence electrons. The Morgan fingerprint density at radius 2 is 1.58 bits per heavy atom. The van der Waals surface area contributed by atoms with Crippen LogP contribution in [0, 0.1) is 0 Å². The van der Waals surface area contributed by atoms with Crippen LogP contribution in [-0.4, -0.2) is 54.7 Å². The normalized spacial score (nSPS) is 12.1. The topological polar surface area (TPSA) is 108 Å². The molecule has 0 fully saturated rings. The lowest BCUT2D eigenvalue weighted by Gasteiger charge is -2.26. The van der Waals surface area contributed by atoms with Crippen LogP contribution >= 0.6 is 0 Å². The number of esters is 1. The van der Waals surface area contributed by atoms with Crippen LogP contribution in [0.2, 0.25) is 0 Å². The molecule has 10 heteroatoms. The van der Waals surface area contributed by atoms with E-state index in [1.807, 2.05) is 4.90 Å². The second-order valence-corrected chi connectivity index (χ2v) is 10.3. The van der Waals surface area contributed by atoms with Gasteiger partial charge in [0.2, 0.25) is 5.91 Å². The number of amides is 1. The van der Waals surface area contributed by atoms with Gasteiger partial charge in [0.1, 0.15) is 6.10 Å². The van der Waals surface area contributed by atoms with Crippen molar-refractivity contribution in [2.75, 3.05) is 13.1 Å². The summed E-state index contributed by atoms with van der Waals surface area (Å²) in [6.45, 7) is 6.74. The van der Waals surface area contributed by atoms with Gasteiger partial charge in [0, 0.05) is 41.0 Å². The highest BCUT2D eigenvalue weighted by atomic mass is 16.5. The third kappa shape index (κ3) is 9.44. The van der Waals surface area contributed by atoms with E-state index in [-0.39, 0.29) is 29.2 Å². The molecule has 0 aliphatic heterocycles. The first-order valence-electron chi connectivity index (χ1n) is 14.2. The lowest BCUT2D eigenvalue weighted by Crippen LogP contribution is -2.39. The van der Waals surface area contributed by atoms with Crippen molar-refractivity contribution in [3.63, 3.8) is 0 Å². The first-order valence-corrected chi connectivity index (χ1v) is 14.2. The van der Waals surface area contributed by atoms with Crippen molar-refractivity contribution >= 4 is 23.0 Å². The number of aryl methyl sites for hydroxylation is 2. The second-order valence-electron chi connectivity index (χ2n) is 10.3. The van der Waals surface area contributed by atoms with Crippen LogP contribution in [0.25, 0.3) is 11.2 Å². The van der Waals surface area contributed by atoms with Crippen LogP contribution in [0.1, 0.15) is 97.8 Å². The number of carbonyl (C=O) groups excluding carboxylic acids is 2. The summed E-state index contributed by atoms with van der Waals surface area (Å²) in [6.07, 6.45) is 13.3. The van der Waals surface area contributed by atoms with Gasteiger partial charge in [0.25, 0.3) is 5.56 Å². The van der Waals surface area contributed by atoms with Crippen LogP contribution in [-0.2, 0) is 35.0 Å². The zero-order valence-corrected chi connectivity index (χ0v) is 24.0. The van der Waals surface area contributed by atoms with Gasteiger partial charge in [-0.3, -0.25) is 23.5 Å². The summed E-state index contributed by atoms with van der Waals surface area (Å²) in [6, 6.07) is 0. The molecule has 10 nitrogen and oxygen atoms in total. The third-order valence-electron chi connectivity index (χ3n) is 7.09. The Balaban J connectivity index is 1.70. The van der Waals surface area contributed by atoms with Crippen molar-refractivity contribution in [1.29, 1.82) is 0 Å². The molecule has 0 saturated heterocycles. The van der Waals surface area contributed by atoms with Crippen molar-refractivity contribution in [2.45, 2.75) is 110 Å². The molecule has 1 unspecified atom stereocenters. The Labute approximate surface area is 226 Å². The fourth-order valence-electron chi connectivity index (χ4n) is 4.89. The molecule has 0 saturated carbocycles. The predicted molar refractivity (Wildman–Crippen MR) is 149 cm³/mol. The lowest BCUT2D eigenvalue weighted by atomic mass is 10.1. The minimum atomic E-state index is -0.326. The van der Waals surface area contributed by atoms with Crippen molar-refractivity contribution in [2.24, 2.45) is 14.1 Å². The fraction of sp³-hybridized carbons (Fsp3) is 0.750. The lowest BCUT2D eigenvalue weighted by molar-refractivity contribution is -0.149. The van der Waals surface area contributed by atoms with E-state index in [1.165, 1.54) is 16.1 Å². The molecule has 38 heavy (non-hydrogen) atoms. The average Bonchev–Trinajstić information content (AvgIpc) is 3.26. The zero-order valence-electron chi connectivity index (χ0n) is 24.0. The fourth-order valence-corrected chi connectivity index (χ4v) is 4.89. The number of nitrogens with zero attached hydrogens (tertiary/aromatic N) is 5. The second kappa shape index (κ2) is 16.1. The van der Waals surface area contributed by atoms with Crippen molar-refractivity contribution in [1.82, 2.24) is 23.6 Å². The first kappa shape index (κ1) is 31.3. The molecule has 0 N–H and O–H groups in total. The number of imidazole rings is 1. The van der Waals surface area contributed by atoms with Gasteiger partial charge < -0.3 is 14.2 Å². The van der Waals surface area contributed by atoms with E-state index < -0.39 is 0 Å². The average molecular weight is 534 g/mol. The Morgan fingerprint density at radius 1 is 0.947 bits per heavy atom. The van der Waals surface area contributed by atoms with Crippen molar-refractivity contribution in [3.05, 3.63) is 27.2 Å². The Hall–Kier alpha value is -2.91. The van der Waals surface area contributed by atoms with E-state index in [9.17, 15) is 19.2 Å². The molecular formula is C28H47N5O5. The number of fused-ring (bicyclic) bond motifs is 1. The van der Waals surface area contributed by atoms with Gasteiger partial charge in [-0.1, -0.05) is 58.3 Å². The number of ether oxygens (including phenoxy) is 1. The number of hydrogen-bond acceptors (Lipinski definition) is 6. The van der Waals surface area contributed by atoms with E-state index in [1.54, 1.807) is 31.9 Å². The minimum absolute atomic E-state index is 0.0269. The predicted octanol–water partition coefficient (Wildman–Crippen LogP) is 3.92. The van der Waals surface area contributed by atoms with Crippen molar-refractivity contribution in [3.8, 4) is 0 Å². The van der Waals surface area contributed by atoms with Gasteiger partial charge >= 0.3 is 11.7 Å². The van der Waals surface area contributed by atoms with Crippen molar-refractivity contribution < 1.29 is 14.3 Å². The molecule has 0 aliphatic rings. The summed E-state index contributed by atoms with van der Waals surface area (Å²) in [5.41, 5.74) is 0.250. The molecule has 2 rings (SSSR count). The Morgan fingerprint density at radius 3 is 2.21 bits per heavy atom. The van der Waals surface area contributed by atoms with Gasteiger partial charge in [0.05, 0.1) is 12.9 Å². The molecule has 1 atom stereocenters. The summed E-state index contributed by atoms with van der Waals surface area (Å²) < 4.78 is 9.93. The molecule has 0 spiro atoms. The number of rotatable bonds is 18. The summed E-state index contributed by atoms with van der Waals surface area (Å²) in [7, 11) is 3.40. The standard InChI is InChI=1S/C28H47N5O5/c1-6-7-8-15-18-32(22(2)34)20-24(38-23(3)35)17-14-12-10-9-11-13-16-19-33-27(36)25-26(29-21-30(25)4)31(5)28(33)37/h21,24H,6-20H2,1-5H3. The molecule has 0 radical (unpaired) electrons. The number of aromatic nitrogens is 4. The van der Waals surface area contributed by atoms with Crippen LogP contribution in [0.15, 0.2) is 15.9 Å². The smallest absolute Gasteiger partial charge is 0.332 e. The monoisotopic (exact) mass is 533 g/mol. The van der Waals surface area contributed by atoms with E-state index in [0.29, 0.717) is 30.8 Å². The van der Waals surface area contributed by atoms with Crippen LogP contribution < -0.4 is 11.2 Å². The largest absolute Gasteiger partial charge is 0.461 e. The molecule has 0 bridgehead atoms. The Bertz CT molecular complexity index is 1150. The van der Waals surface area contributed by atoms with Gasteiger partial charge in [0.15, 0.2) is 11.2 Å². The molecule has 2 aromatic heterocycles. The number of hydrogen-bond donors (Lipinski definition) is 0. The summed E-state index contributed by atoms with van der Waals surface area (Å²) in [5, 5.41) is 0. The van der Waals surface area contributed by atoms with E-state index in [0.717, 1.165) is 77.0 Å². The molecule has 2 heterocycles. The summed E-state index contributed by atoms with van der Waals surface area (Å²) in [5.74, 6) is -0.278. The molecule has 1 amide bonds. The van der Waals surface area contributed by atoms with E-state index >= 15 is 0 Å². The van der Waals surface area contributed by atoms with Gasteiger partial charge in [-0.2, -0.15) is 0 Å². The number of carbonyl (C=O) groups is 2. The van der Waals surface area contributed by atoms with Gasteiger partial charge in [-0.05, 0) is 25.7 Å².